The maximum atomic E-state index is 6.69. The van der Waals surface area contributed by atoms with Crippen LogP contribution in [0.2, 0.25) is 0 Å². The molecule has 0 atom stereocenters. The molecule has 7 aromatic carbocycles. The summed E-state index contributed by atoms with van der Waals surface area (Å²) in [6.07, 6.45) is 0. The Kier molecular flexibility index (Phi) is 8.07. The number of aromatic nitrogens is 1. The van der Waals surface area contributed by atoms with Gasteiger partial charge in [-0.25, -0.2) is 0 Å². The molecule has 0 radical (unpaired) electrons. The molecule has 5 heteroatoms. The summed E-state index contributed by atoms with van der Waals surface area (Å²) in [6.45, 7) is 8.44. The van der Waals surface area contributed by atoms with Crippen molar-refractivity contribution >= 4 is 51.4 Å². The van der Waals surface area contributed by atoms with E-state index < -0.39 is 18.3 Å². The topological polar surface area (TPSA) is 26.6 Å². The molecule has 0 aliphatic carbocycles. The molecule has 0 saturated carbocycles. The molecule has 8 aromatic rings. The summed E-state index contributed by atoms with van der Waals surface area (Å²) in [5.74, 6) is 0. The summed E-state index contributed by atoms with van der Waals surface area (Å²) < 4.78 is 15.8. The fourth-order valence-electron chi connectivity index (χ4n) is 7.51. The molecule has 9 rings (SSSR count). The Morgan fingerprint density at radius 1 is 0.434 bits per heavy atom. The van der Waals surface area contributed by atoms with Crippen molar-refractivity contribution < 1.29 is 9.31 Å². The van der Waals surface area contributed by atoms with Crippen molar-refractivity contribution in [3.8, 4) is 27.9 Å². The summed E-state index contributed by atoms with van der Waals surface area (Å²) >= 11 is 0. The smallest absolute Gasteiger partial charge is 0.399 e. The fourth-order valence-corrected chi connectivity index (χ4v) is 7.51. The molecule has 258 valence electrons. The second-order valence-corrected chi connectivity index (χ2v) is 14.9. The van der Waals surface area contributed by atoms with Crippen LogP contribution < -0.4 is 10.4 Å². The monoisotopic (exact) mass is 688 g/mol. The molecule has 1 aliphatic rings. The van der Waals surface area contributed by atoms with Gasteiger partial charge in [-0.3, -0.25) is 0 Å². The van der Waals surface area contributed by atoms with E-state index in [2.05, 4.69) is 213 Å². The Bertz CT molecular complexity index is 2550. The van der Waals surface area contributed by atoms with E-state index in [9.17, 15) is 0 Å². The summed E-state index contributed by atoms with van der Waals surface area (Å²) in [4.78, 5) is 2.33. The Balaban J connectivity index is 1.24. The van der Waals surface area contributed by atoms with Gasteiger partial charge in [0.1, 0.15) is 0 Å². The van der Waals surface area contributed by atoms with Gasteiger partial charge in [0.2, 0.25) is 0 Å². The minimum Gasteiger partial charge on any atom is -0.399 e. The molecule has 0 unspecified atom stereocenters. The molecule has 1 aromatic heterocycles. The molecule has 0 amide bonds. The number of hydrogen-bond acceptors (Lipinski definition) is 3. The molecular formula is C48H41BN2O2. The SMILES string of the molecule is CC1(C)OB(c2cc(-c3ccc4c5ccccc5n(-c5ccccc5)c4c3)cc(N(c3ccccc3)c3ccc(-c4ccccc4)cc3)c2)OC1(C)C. The highest BCUT2D eigenvalue weighted by molar-refractivity contribution is 6.62. The largest absolute Gasteiger partial charge is 0.494 e. The van der Waals surface area contributed by atoms with Gasteiger partial charge in [0.25, 0.3) is 0 Å². The van der Waals surface area contributed by atoms with Gasteiger partial charge in [-0.05, 0) is 116 Å². The molecule has 1 fully saturated rings. The van der Waals surface area contributed by atoms with E-state index in [0.29, 0.717) is 0 Å². The van der Waals surface area contributed by atoms with E-state index in [0.717, 1.165) is 44.9 Å². The zero-order chi connectivity index (χ0) is 36.2. The van der Waals surface area contributed by atoms with E-state index >= 15 is 0 Å². The third-order valence-corrected chi connectivity index (χ3v) is 11.0. The van der Waals surface area contributed by atoms with Crippen LogP contribution in [0.15, 0.2) is 176 Å². The highest BCUT2D eigenvalue weighted by Gasteiger charge is 2.52. The van der Waals surface area contributed by atoms with E-state index in [4.69, 9.17) is 9.31 Å². The first-order valence-electron chi connectivity index (χ1n) is 18.4. The molecule has 0 spiro atoms. The minimum absolute atomic E-state index is 0.476. The van der Waals surface area contributed by atoms with E-state index in [1.807, 2.05) is 0 Å². The predicted molar refractivity (Wildman–Crippen MR) is 222 cm³/mol. The second kappa shape index (κ2) is 13.0. The van der Waals surface area contributed by atoms with E-state index in [1.165, 1.54) is 27.4 Å². The molecule has 0 N–H and O–H groups in total. The number of nitrogens with zero attached hydrogens (tertiary/aromatic N) is 2. The molecule has 0 bridgehead atoms. The lowest BCUT2D eigenvalue weighted by atomic mass is 9.77. The van der Waals surface area contributed by atoms with Crippen molar-refractivity contribution in [1.29, 1.82) is 0 Å². The summed E-state index contributed by atoms with van der Waals surface area (Å²) in [5, 5.41) is 2.46. The zero-order valence-electron chi connectivity index (χ0n) is 30.5. The molecule has 1 aliphatic heterocycles. The van der Waals surface area contributed by atoms with Crippen molar-refractivity contribution in [2.75, 3.05) is 4.90 Å². The normalized spacial score (nSPS) is 14.9. The Morgan fingerprint density at radius 3 is 1.68 bits per heavy atom. The third kappa shape index (κ3) is 5.92. The Labute approximate surface area is 312 Å². The first-order valence-corrected chi connectivity index (χ1v) is 18.4. The maximum absolute atomic E-state index is 6.69. The molecule has 4 nitrogen and oxygen atoms in total. The van der Waals surface area contributed by atoms with Crippen LogP contribution in [0.25, 0.3) is 49.7 Å². The number of hydrogen-bond donors (Lipinski definition) is 0. The minimum atomic E-state index is -0.531. The van der Waals surface area contributed by atoms with Crippen LogP contribution in [0.1, 0.15) is 27.7 Å². The van der Waals surface area contributed by atoms with Gasteiger partial charge >= 0.3 is 7.12 Å². The number of para-hydroxylation sites is 3. The highest BCUT2D eigenvalue weighted by atomic mass is 16.7. The average Bonchev–Trinajstić information content (AvgIpc) is 3.64. The van der Waals surface area contributed by atoms with Crippen LogP contribution in [-0.4, -0.2) is 22.9 Å². The first-order chi connectivity index (χ1) is 25.8. The van der Waals surface area contributed by atoms with E-state index in [-0.39, 0.29) is 0 Å². The molecular weight excluding hydrogens is 647 g/mol. The number of benzene rings is 7. The molecule has 1 saturated heterocycles. The highest BCUT2D eigenvalue weighted by Crippen LogP contribution is 2.41. The first kappa shape index (κ1) is 33.0. The van der Waals surface area contributed by atoms with Gasteiger partial charge in [0.15, 0.2) is 0 Å². The summed E-state index contributed by atoms with van der Waals surface area (Å²) in [7, 11) is -0.531. The van der Waals surface area contributed by atoms with Crippen molar-refractivity contribution in [3.63, 3.8) is 0 Å². The second-order valence-electron chi connectivity index (χ2n) is 14.9. The zero-order valence-corrected chi connectivity index (χ0v) is 30.5. The predicted octanol–water partition coefficient (Wildman–Crippen LogP) is 11.9. The van der Waals surface area contributed by atoms with E-state index in [1.54, 1.807) is 0 Å². The van der Waals surface area contributed by atoms with Gasteiger partial charge < -0.3 is 18.8 Å². The van der Waals surface area contributed by atoms with Gasteiger partial charge in [-0.2, -0.15) is 0 Å². The number of rotatable bonds is 7. The van der Waals surface area contributed by atoms with Gasteiger partial charge in [-0.15, -0.1) is 0 Å². The van der Waals surface area contributed by atoms with Gasteiger partial charge in [0.05, 0.1) is 22.2 Å². The number of anilines is 3. The van der Waals surface area contributed by atoms with Crippen LogP contribution in [-0.2, 0) is 9.31 Å². The molecule has 53 heavy (non-hydrogen) atoms. The number of fused-ring (bicyclic) bond motifs is 3. The lowest BCUT2D eigenvalue weighted by Gasteiger charge is -2.32. The van der Waals surface area contributed by atoms with Gasteiger partial charge in [0, 0.05) is 33.5 Å². The van der Waals surface area contributed by atoms with Crippen molar-refractivity contribution in [2.24, 2.45) is 0 Å². The lowest BCUT2D eigenvalue weighted by molar-refractivity contribution is 0.00578. The van der Waals surface area contributed by atoms with Crippen LogP contribution >= 0.6 is 0 Å². The van der Waals surface area contributed by atoms with Crippen LogP contribution in [0.4, 0.5) is 17.1 Å². The van der Waals surface area contributed by atoms with Gasteiger partial charge in [-0.1, -0.05) is 115 Å². The quantitative estimate of drug-likeness (QED) is 0.156. The maximum Gasteiger partial charge on any atom is 0.494 e. The third-order valence-electron chi connectivity index (χ3n) is 11.0. The Morgan fingerprint density at radius 2 is 0.981 bits per heavy atom. The van der Waals surface area contributed by atoms with Crippen LogP contribution in [0, 0.1) is 0 Å². The standard InChI is InChI=1S/C48H41BN2O2/c1-47(2)48(3,4)53-49(52-47)38-30-37(36-26-29-44-43-22-14-15-23-45(43)51(46(44)32-36)40-20-12-7-13-21-40)31-42(33-38)50(39-18-10-6-11-19-39)41-27-24-35(25-28-41)34-16-8-5-9-17-34/h5-33H,1-4H3. The van der Waals surface area contributed by atoms with Crippen molar-refractivity contribution in [3.05, 3.63) is 176 Å². The van der Waals surface area contributed by atoms with Crippen LogP contribution in [0.5, 0.6) is 0 Å². The fraction of sp³-hybridized carbons (Fsp3) is 0.125. The van der Waals surface area contributed by atoms with Crippen molar-refractivity contribution in [1.82, 2.24) is 4.57 Å². The van der Waals surface area contributed by atoms with Crippen LogP contribution in [0.3, 0.4) is 0 Å². The lowest BCUT2D eigenvalue weighted by Crippen LogP contribution is -2.41. The summed E-state index contributed by atoms with van der Waals surface area (Å²) in [6, 6.07) is 62.8. The Hall–Kier alpha value is -5.88. The average molecular weight is 689 g/mol. The summed E-state index contributed by atoms with van der Waals surface area (Å²) in [5.41, 5.74) is 11.2. The molecule has 2 heterocycles. The van der Waals surface area contributed by atoms with Crippen molar-refractivity contribution in [2.45, 2.75) is 38.9 Å².